The molecule has 0 N–H and O–H groups in total. The molecule has 114 valence electrons. The summed E-state index contributed by atoms with van der Waals surface area (Å²) in [6.45, 7) is 0. The minimum atomic E-state index is -0.612. The summed E-state index contributed by atoms with van der Waals surface area (Å²) in [4.78, 5) is 27.0. The maximum absolute atomic E-state index is 11.6. The molecule has 0 saturated carbocycles. The Morgan fingerprint density at radius 1 is 1.09 bits per heavy atom. The van der Waals surface area contributed by atoms with Gasteiger partial charge < -0.3 is 14.2 Å². The number of aromatic nitrogens is 1. The summed E-state index contributed by atoms with van der Waals surface area (Å²) >= 11 is 0. The van der Waals surface area contributed by atoms with Gasteiger partial charge >= 0.3 is 5.97 Å². The van der Waals surface area contributed by atoms with Crippen molar-refractivity contribution in [2.75, 3.05) is 21.3 Å². The van der Waals surface area contributed by atoms with Gasteiger partial charge in [0.2, 0.25) is 0 Å². The molecule has 1 aromatic heterocycles. The van der Waals surface area contributed by atoms with E-state index in [-0.39, 0.29) is 11.3 Å². The second-order valence-corrected chi connectivity index (χ2v) is 4.30. The summed E-state index contributed by atoms with van der Waals surface area (Å²) < 4.78 is 15.1. The summed E-state index contributed by atoms with van der Waals surface area (Å²) in [7, 11) is 4.33. The lowest BCUT2D eigenvalue weighted by molar-refractivity contribution is 0.0597. The molecule has 6 nitrogen and oxygen atoms in total. The van der Waals surface area contributed by atoms with Gasteiger partial charge in [-0.25, -0.2) is 9.78 Å². The molecule has 0 radical (unpaired) electrons. The molecule has 0 unspecified atom stereocenters. The van der Waals surface area contributed by atoms with Crippen molar-refractivity contribution in [3.8, 4) is 22.8 Å². The Hall–Kier alpha value is -2.89. The Balaban J connectivity index is 2.58. The van der Waals surface area contributed by atoms with E-state index >= 15 is 0 Å². The molecule has 0 amide bonds. The minimum Gasteiger partial charge on any atom is -0.497 e. The van der Waals surface area contributed by atoms with Gasteiger partial charge in [-0.05, 0) is 30.3 Å². The zero-order valence-corrected chi connectivity index (χ0v) is 12.5. The first-order valence-corrected chi connectivity index (χ1v) is 6.41. The van der Waals surface area contributed by atoms with E-state index in [4.69, 9.17) is 9.47 Å². The standard InChI is InChI=1S/C16H15NO5/c1-20-10-4-7-15(21-2)12(8-10)13-6-5-11(16(19)22-3)14(9-18)17-13/h4-9H,1-3H3. The molecule has 22 heavy (non-hydrogen) atoms. The first kappa shape index (κ1) is 15.5. The zero-order valence-electron chi connectivity index (χ0n) is 12.5. The molecule has 0 aliphatic rings. The third-order valence-electron chi connectivity index (χ3n) is 3.12. The molecule has 6 heteroatoms. The van der Waals surface area contributed by atoms with Crippen molar-refractivity contribution in [3.05, 3.63) is 41.6 Å². The predicted octanol–water partition coefficient (Wildman–Crippen LogP) is 2.36. The highest BCUT2D eigenvalue weighted by atomic mass is 16.5. The Bertz CT molecular complexity index is 712. The lowest BCUT2D eigenvalue weighted by atomic mass is 10.1. The molecule has 0 aliphatic carbocycles. The molecular formula is C16H15NO5. The Labute approximate surface area is 127 Å². The van der Waals surface area contributed by atoms with Crippen LogP contribution in [-0.2, 0) is 4.74 Å². The molecule has 0 saturated heterocycles. The minimum absolute atomic E-state index is 0.00854. The van der Waals surface area contributed by atoms with Gasteiger partial charge in [0.25, 0.3) is 0 Å². The molecule has 0 atom stereocenters. The smallest absolute Gasteiger partial charge is 0.340 e. The topological polar surface area (TPSA) is 74.7 Å². The van der Waals surface area contributed by atoms with Gasteiger partial charge in [0.1, 0.15) is 17.2 Å². The van der Waals surface area contributed by atoms with Gasteiger partial charge in [-0.2, -0.15) is 0 Å². The number of carbonyl (C=O) groups is 2. The van der Waals surface area contributed by atoms with Gasteiger partial charge in [-0.1, -0.05) is 0 Å². The third kappa shape index (κ3) is 2.90. The number of methoxy groups -OCH3 is 3. The fourth-order valence-corrected chi connectivity index (χ4v) is 2.01. The second kappa shape index (κ2) is 6.71. The number of benzene rings is 1. The summed E-state index contributed by atoms with van der Waals surface area (Å²) in [6.07, 6.45) is 0.516. The van der Waals surface area contributed by atoms with Gasteiger partial charge in [-0.3, -0.25) is 4.79 Å². The lowest BCUT2D eigenvalue weighted by Crippen LogP contribution is -2.07. The summed E-state index contributed by atoms with van der Waals surface area (Å²) in [5, 5.41) is 0. The maximum Gasteiger partial charge on any atom is 0.340 e. The number of rotatable bonds is 5. The molecule has 0 bridgehead atoms. The number of hydrogen-bond acceptors (Lipinski definition) is 6. The second-order valence-electron chi connectivity index (χ2n) is 4.30. The van der Waals surface area contributed by atoms with Crippen LogP contribution in [0.3, 0.4) is 0 Å². The van der Waals surface area contributed by atoms with Crippen LogP contribution in [0, 0.1) is 0 Å². The molecule has 1 aromatic carbocycles. The quantitative estimate of drug-likeness (QED) is 0.623. The number of carbonyl (C=O) groups excluding carboxylic acids is 2. The van der Waals surface area contributed by atoms with Crippen LogP contribution in [0.5, 0.6) is 11.5 Å². The zero-order chi connectivity index (χ0) is 16.1. The number of nitrogens with zero attached hydrogens (tertiary/aromatic N) is 1. The average Bonchev–Trinajstić information content (AvgIpc) is 2.59. The van der Waals surface area contributed by atoms with E-state index in [9.17, 15) is 9.59 Å². The highest BCUT2D eigenvalue weighted by molar-refractivity contribution is 5.97. The van der Waals surface area contributed by atoms with Crippen molar-refractivity contribution < 1.29 is 23.8 Å². The first-order chi connectivity index (χ1) is 10.6. The molecule has 2 aromatic rings. The molecule has 0 spiro atoms. The highest BCUT2D eigenvalue weighted by Crippen LogP contribution is 2.32. The largest absolute Gasteiger partial charge is 0.497 e. The van der Waals surface area contributed by atoms with Crippen LogP contribution in [0.4, 0.5) is 0 Å². The van der Waals surface area contributed by atoms with E-state index in [1.807, 2.05) is 0 Å². The van der Waals surface area contributed by atoms with Gasteiger partial charge in [0.15, 0.2) is 6.29 Å². The lowest BCUT2D eigenvalue weighted by Gasteiger charge is -2.11. The maximum atomic E-state index is 11.6. The van der Waals surface area contributed by atoms with E-state index in [1.54, 1.807) is 31.4 Å². The molecular weight excluding hydrogens is 286 g/mol. The Kier molecular flexibility index (Phi) is 4.73. The van der Waals surface area contributed by atoms with Crippen molar-refractivity contribution in [1.82, 2.24) is 4.98 Å². The fraction of sp³-hybridized carbons (Fsp3) is 0.188. The molecule has 2 rings (SSSR count). The van der Waals surface area contributed by atoms with Crippen molar-refractivity contribution >= 4 is 12.3 Å². The van der Waals surface area contributed by atoms with E-state index in [0.717, 1.165) is 0 Å². The predicted molar refractivity (Wildman–Crippen MR) is 79.5 cm³/mol. The fourth-order valence-electron chi connectivity index (χ4n) is 2.01. The Morgan fingerprint density at radius 2 is 1.86 bits per heavy atom. The van der Waals surface area contributed by atoms with E-state index < -0.39 is 5.97 Å². The van der Waals surface area contributed by atoms with Gasteiger partial charge in [0.05, 0.1) is 32.6 Å². The summed E-state index contributed by atoms with van der Waals surface area (Å²) in [5.74, 6) is 0.594. The van der Waals surface area contributed by atoms with Gasteiger partial charge in [-0.15, -0.1) is 0 Å². The molecule has 0 aliphatic heterocycles. The van der Waals surface area contributed by atoms with Gasteiger partial charge in [0, 0.05) is 5.56 Å². The first-order valence-electron chi connectivity index (χ1n) is 6.41. The van der Waals surface area contributed by atoms with Crippen LogP contribution in [0.25, 0.3) is 11.3 Å². The van der Waals surface area contributed by atoms with Crippen LogP contribution in [-0.4, -0.2) is 38.6 Å². The van der Waals surface area contributed by atoms with Crippen molar-refractivity contribution in [2.24, 2.45) is 0 Å². The number of aldehydes is 1. The number of ether oxygens (including phenoxy) is 3. The van der Waals surface area contributed by atoms with Crippen LogP contribution in [0.15, 0.2) is 30.3 Å². The van der Waals surface area contributed by atoms with Crippen LogP contribution in [0.1, 0.15) is 20.8 Å². The number of pyridine rings is 1. The number of hydrogen-bond donors (Lipinski definition) is 0. The van der Waals surface area contributed by atoms with Crippen LogP contribution in [0.2, 0.25) is 0 Å². The van der Waals surface area contributed by atoms with E-state index in [2.05, 4.69) is 9.72 Å². The van der Waals surface area contributed by atoms with Crippen molar-refractivity contribution in [2.45, 2.75) is 0 Å². The van der Waals surface area contributed by atoms with E-state index in [0.29, 0.717) is 29.0 Å². The van der Waals surface area contributed by atoms with Crippen LogP contribution >= 0.6 is 0 Å². The normalized spacial score (nSPS) is 9.95. The summed E-state index contributed by atoms with van der Waals surface area (Å²) in [5.41, 5.74) is 1.27. The SMILES string of the molecule is COC(=O)c1ccc(-c2cc(OC)ccc2OC)nc1C=O. The molecule has 0 fully saturated rings. The van der Waals surface area contributed by atoms with Crippen molar-refractivity contribution in [3.63, 3.8) is 0 Å². The Morgan fingerprint density at radius 3 is 2.45 bits per heavy atom. The number of esters is 1. The monoisotopic (exact) mass is 301 g/mol. The highest BCUT2D eigenvalue weighted by Gasteiger charge is 2.16. The van der Waals surface area contributed by atoms with Crippen LogP contribution < -0.4 is 9.47 Å². The van der Waals surface area contributed by atoms with E-state index in [1.165, 1.54) is 20.3 Å². The summed E-state index contributed by atoms with van der Waals surface area (Å²) in [6, 6.07) is 8.36. The molecule has 1 heterocycles. The average molecular weight is 301 g/mol. The van der Waals surface area contributed by atoms with Crippen molar-refractivity contribution in [1.29, 1.82) is 0 Å². The third-order valence-corrected chi connectivity index (χ3v) is 3.12.